The van der Waals surface area contributed by atoms with Gasteiger partial charge in [0.05, 0.1) is 29.6 Å². The summed E-state index contributed by atoms with van der Waals surface area (Å²) in [5.41, 5.74) is 4.22. The monoisotopic (exact) mass is 340 g/mol. The molecule has 0 saturated carbocycles. The molecule has 0 aliphatic carbocycles. The zero-order valence-corrected chi connectivity index (χ0v) is 14.0. The number of aliphatic hydroxyl groups excluding tert-OH is 1. The Kier molecular flexibility index (Phi) is 4.18. The van der Waals surface area contributed by atoms with Crippen LogP contribution >= 0.6 is 0 Å². The van der Waals surface area contributed by atoms with E-state index in [2.05, 4.69) is 33.0 Å². The Morgan fingerprint density at radius 3 is 2.31 bits per heavy atom. The van der Waals surface area contributed by atoms with Crippen LogP contribution in [0.2, 0.25) is 0 Å². The summed E-state index contributed by atoms with van der Waals surface area (Å²) < 4.78 is 2.12. The summed E-state index contributed by atoms with van der Waals surface area (Å²) in [5.74, 6) is 0. The summed E-state index contributed by atoms with van der Waals surface area (Å²) in [6.45, 7) is 0.643. The van der Waals surface area contributed by atoms with Crippen LogP contribution in [0.4, 0.5) is 11.4 Å². The van der Waals surface area contributed by atoms with Crippen LogP contribution in [-0.2, 0) is 6.54 Å². The maximum atomic E-state index is 9.38. The van der Waals surface area contributed by atoms with Crippen molar-refractivity contribution < 1.29 is 5.11 Å². The van der Waals surface area contributed by atoms with E-state index in [-0.39, 0.29) is 6.61 Å². The second-order valence-electron chi connectivity index (χ2n) is 5.95. The zero-order valence-electron chi connectivity index (χ0n) is 14.0. The lowest BCUT2D eigenvalue weighted by molar-refractivity contribution is 0.280. The van der Waals surface area contributed by atoms with Crippen LogP contribution in [0.1, 0.15) is 5.56 Å². The number of hydrogen-bond acceptors (Lipinski definition) is 4. The van der Waals surface area contributed by atoms with E-state index in [9.17, 15) is 5.11 Å². The number of azo groups is 1. The van der Waals surface area contributed by atoms with E-state index >= 15 is 0 Å². The molecule has 5 heteroatoms. The maximum Gasteiger partial charge on any atom is 0.0991 e. The smallest absolute Gasteiger partial charge is 0.0991 e. The molecule has 0 atom stereocenters. The van der Waals surface area contributed by atoms with E-state index in [1.807, 2.05) is 30.3 Å². The SMILES string of the molecule is N#Cc1ccc(N=Nc2ccc3c(c2)c2ccccc2n3CCO)cc1. The van der Waals surface area contributed by atoms with Gasteiger partial charge < -0.3 is 9.67 Å². The van der Waals surface area contributed by atoms with Gasteiger partial charge in [-0.2, -0.15) is 15.5 Å². The Labute approximate surface area is 150 Å². The summed E-state index contributed by atoms with van der Waals surface area (Å²) in [4.78, 5) is 0. The lowest BCUT2D eigenvalue weighted by Gasteiger charge is -2.04. The largest absolute Gasteiger partial charge is 0.395 e. The number of aliphatic hydroxyl groups is 1. The van der Waals surface area contributed by atoms with Crippen LogP contribution in [0.25, 0.3) is 21.8 Å². The second kappa shape index (κ2) is 6.79. The Hall–Kier alpha value is -3.49. The number of nitriles is 1. The van der Waals surface area contributed by atoms with Crippen LogP contribution < -0.4 is 0 Å². The fourth-order valence-electron chi connectivity index (χ4n) is 3.16. The topological polar surface area (TPSA) is 73.7 Å². The molecular formula is C21H16N4O. The summed E-state index contributed by atoms with van der Waals surface area (Å²) in [7, 11) is 0. The molecule has 26 heavy (non-hydrogen) atoms. The number of nitrogens with zero attached hydrogens (tertiary/aromatic N) is 4. The van der Waals surface area contributed by atoms with Crippen LogP contribution in [0.15, 0.2) is 77.0 Å². The third-order valence-electron chi connectivity index (χ3n) is 4.36. The average Bonchev–Trinajstić information content (AvgIpc) is 3.01. The quantitative estimate of drug-likeness (QED) is 0.526. The van der Waals surface area contributed by atoms with E-state index in [4.69, 9.17) is 5.26 Å². The number of rotatable bonds is 4. The number of hydrogen-bond donors (Lipinski definition) is 1. The minimum Gasteiger partial charge on any atom is -0.395 e. The van der Waals surface area contributed by atoms with Gasteiger partial charge in [0.1, 0.15) is 0 Å². The fraction of sp³-hybridized carbons (Fsp3) is 0.0952. The van der Waals surface area contributed by atoms with Crippen molar-refractivity contribution in [2.24, 2.45) is 10.2 Å². The predicted octanol–water partition coefficient (Wildman–Crippen LogP) is 5.07. The van der Waals surface area contributed by atoms with Gasteiger partial charge in [-0.25, -0.2) is 0 Å². The summed E-state index contributed by atoms with van der Waals surface area (Å²) in [5, 5.41) is 29.0. The van der Waals surface area contributed by atoms with Crippen molar-refractivity contribution in [1.29, 1.82) is 5.26 Å². The van der Waals surface area contributed by atoms with Gasteiger partial charge in [-0.05, 0) is 48.5 Å². The van der Waals surface area contributed by atoms with Crippen molar-refractivity contribution in [2.45, 2.75) is 6.54 Å². The normalized spacial score (nSPS) is 11.4. The van der Waals surface area contributed by atoms with E-state index < -0.39 is 0 Å². The van der Waals surface area contributed by atoms with E-state index in [0.29, 0.717) is 17.8 Å². The first kappa shape index (κ1) is 16.0. The van der Waals surface area contributed by atoms with Crippen LogP contribution in [0, 0.1) is 11.3 Å². The molecular weight excluding hydrogens is 324 g/mol. The molecule has 0 spiro atoms. The first-order valence-electron chi connectivity index (χ1n) is 8.34. The molecule has 0 fully saturated rings. The van der Waals surface area contributed by atoms with Gasteiger partial charge in [0.2, 0.25) is 0 Å². The number of aromatic nitrogens is 1. The third kappa shape index (κ3) is 2.83. The number of para-hydroxylation sites is 1. The minimum absolute atomic E-state index is 0.0912. The van der Waals surface area contributed by atoms with Crippen LogP contribution in [0.5, 0.6) is 0 Å². The van der Waals surface area contributed by atoms with Crippen molar-refractivity contribution >= 4 is 33.2 Å². The van der Waals surface area contributed by atoms with E-state index in [1.54, 1.807) is 24.3 Å². The van der Waals surface area contributed by atoms with Crippen molar-refractivity contribution in [1.82, 2.24) is 4.57 Å². The van der Waals surface area contributed by atoms with Crippen molar-refractivity contribution in [3.63, 3.8) is 0 Å². The van der Waals surface area contributed by atoms with Gasteiger partial charge in [-0.15, -0.1) is 0 Å². The molecule has 0 radical (unpaired) electrons. The van der Waals surface area contributed by atoms with Crippen molar-refractivity contribution in [2.75, 3.05) is 6.61 Å². The fourth-order valence-corrected chi connectivity index (χ4v) is 3.16. The summed E-state index contributed by atoms with van der Waals surface area (Å²) >= 11 is 0. The second-order valence-corrected chi connectivity index (χ2v) is 5.95. The third-order valence-corrected chi connectivity index (χ3v) is 4.36. The molecule has 0 aliphatic rings. The lowest BCUT2D eigenvalue weighted by Crippen LogP contribution is -2.00. The van der Waals surface area contributed by atoms with Gasteiger partial charge in [-0.1, -0.05) is 18.2 Å². The lowest BCUT2D eigenvalue weighted by atomic mass is 10.1. The van der Waals surface area contributed by atoms with Crippen molar-refractivity contribution in [3.8, 4) is 6.07 Å². The van der Waals surface area contributed by atoms with Crippen molar-refractivity contribution in [3.05, 3.63) is 72.3 Å². The van der Waals surface area contributed by atoms with Gasteiger partial charge in [-0.3, -0.25) is 0 Å². The maximum absolute atomic E-state index is 9.38. The Balaban J connectivity index is 1.76. The number of benzene rings is 3. The Morgan fingerprint density at radius 1 is 0.846 bits per heavy atom. The highest BCUT2D eigenvalue weighted by molar-refractivity contribution is 6.08. The highest BCUT2D eigenvalue weighted by Crippen LogP contribution is 2.32. The summed E-state index contributed by atoms with van der Waals surface area (Å²) in [6, 6.07) is 23.2. The molecule has 1 heterocycles. The highest BCUT2D eigenvalue weighted by atomic mass is 16.3. The molecule has 0 amide bonds. The van der Waals surface area contributed by atoms with Crippen LogP contribution in [0.3, 0.4) is 0 Å². The molecule has 0 saturated heterocycles. The molecule has 0 aliphatic heterocycles. The molecule has 126 valence electrons. The Morgan fingerprint density at radius 2 is 1.54 bits per heavy atom. The van der Waals surface area contributed by atoms with Crippen LogP contribution in [-0.4, -0.2) is 16.3 Å². The molecule has 1 N–H and O–H groups in total. The van der Waals surface area contributed by atoms with Gasteiger partial charge in [0.25, 0.3) is 0 Å². The molecule has 5 nitrogen and oxygen atoms in total. The molecule has 4 rings (SSSR count). The first-order valence-corrected chi connectivity index (χ1v) is 8.34. The van der Waals surface area contributed by atoms with E-state index in [1.165, 1.54) is 0 Å². The molecule has 3 aromatic carbocycles. The standard InChI is InChI=1S/C21H16N4O/c22-14-15-5-7-16(8-6-15)23-24-17-9-10-21-19(13-17)18-3-1-2-4-20(18)25(21)11-12-26/h1-10,13,26H,11-12H2. The first-order chi connectivity index (χ1) is 12.8. The van der Waals surface area contributed by atoms with Gasteiger partial charge in [0, 0.05) is 28.4 Å². The minimum atomic E-state index is 0.0912. The zero-order chi connectivity index (χ0) is 17.9. The van der Waals surface area contributed by atoms with E-state index in [0.717, 1.165) is 27.5 Å². The molecule has 4 aromatic rings. The molecule has 1 aromatic heterocycles. The highest BCUT2D eigenvalue weighted by Gasteiger charge is 2.10. The molecule has 0 unspecified atom stereocenters. The number of fused-ring (bicyclic) bond motifs is 3. The molecule has 0 bridgehead atoms. The van der Waals surface area contributed by atoms with Gasteiger partial charge in [0.15, 0.2) is 0 Å². The Bertz CT molecular complexity index is 1150. The summed E-state index contributed by atoms with van der Waals surface area (Å²) in [6.07, 6.45) is 0. The predicted molar refractivity (Wildman–Crippen MR) is 102 cm³/mol. The average molecular weight is 340 g/mol. The van der Waals surface area contributed by atoms with Gasteiger partial charge >= 0.3 is 0 Å².